The number of carbonyl (C=O) groups excluding carboxylic acids is 1. The summed E-state index contributed by atoms with van der Waals surface area (Å²) in [5.41, 5.74) is 0.623. The molecule has 1 aromatic rings. The van der Waals surface area contributed by atoms with Crippen LogP contribution in [-0.2, 0) is 11.2 Å². The molecule has 0 aliphatic rings. The maximum absolute atomic E-state index is 11.9. The normalized spacial score (nSPS) is 12.3. The summed E-state index contributed by atoms with van der Waals surface area (Å²) in [5, 5.41) is 20.0. The van der Waals surface area contributed by atoms with Gasteiger partial charge in [-0.15, -0.1) is 0 Å². The van der Waals surface area contributed by atoms with Crippen LogP contribution in [0.2, 0.25) is 0 Å². The lowest BCUT2D eigenvalue weighted by Gasteiger charge is -2.09. The van der Waals surface area contributed by atoms with Gasteiger partial charge in [0.15, 0.2) is 0 Å². The van der Waals surface area contributed by atoms with E-state index in [1.165, 1.54) is 24.3 Å². The van der Waals surface area contributed by atoms with Crippen LogP contribution in [0.5, 0.6) is 5.75 Å². The van der Waals surface area contributed by atoms with Crippen LogP contribution in [0, 0.1) is 0 Å². The second kappa shape index (κ2) is 7.65. The van der Waals surface area contributed by atoms with Crippen LogP contribution < -0.4 is 10.1 Å². The Kier molecular flexibility index (Phi) is 6.17. The monoisotopic (exact) mass is 275 g/mol. The van der Waals surface area contributed by atoms with Crippen molar-refractivity contribution in [2.75, 3.05) is 13.2 Å². The van der Waals surface area contributed by atoms with Crippen molar-refractivity contribution in [3.8, 4) is 5.75 Å². The smallest absolute Gasteiger partial charge is 0.387 e. The molecule has 0 saturated heterocycles. The molecule has 1 amide bonds. The van der Waals surface area contributed by atoms with Crippen molar-refractivity contribution < 1.29 is 28.5 Å². The molecule has 1 unspecified atom stereocenters. The topological polar surface area (TPSA) is 78.8 Å². The van der Waals surface area contributed by atoms with E-state index < -0.39 is 19.3 Å². The van der Waals surface area contributed by atoms with Gasteiger partial charge in [0.05, 0.1) is 19.1 Å². The zero-order valence-corrected chi connectivity index (χ0v) is 10.1. The quantitative estimate of drug-likeness (QED) is 0.669. The van der Waals surface area contributed by atoms with Crippen LogP contribution in [0.15, 0.2) is 24.3 Å². The van der Waals surface area contributed by atoms with Gasteiger partial charge in [0.25, 0.3) is 0 Å². The van der Waals surface area contributed by atoms with Crippen molar-refractivity contribution >= 4 is 5.91 Å². The second-order valence-corrected chi connectivity index (χ2v) is 3.84. The number of hydrogen-bond donors (Lipinski definition) is 3. The highest BCUT2D eigenvalue weighted by Crippen LogP contribution is 2.15. The van der Waals surface area contributed by atoms with Gasteiger partial charge in [0.1, 0.15) is 5.75 Å². The number of amides is 1. The zero-order chi connectivity index (χ0) is 14.3. The molecule has 0 fully saturated rings. The third-order valence-corrected chi connectivity index (χ3v) is 2.26. The van der Waals surface area contributed by atoms with E-state index >= 15 is 0 Å². The van der Waals surface area contributed by atoms with Gasteiger partial charge in [-0.3, -0.25) is 4.79 Å². The molecule has 0 bridgehead atoms. The molecule has 0 saturated carbocycles. The van der Waals surface area contributed by atoms with Gasteiger partial charge in [0.2, 0.25) is 5.91 Å². The number of aliphatic hydroxyl groups excluding tert-OH is 2. The summed E-state index contributed by atoms with van der Waals surface area (Å²) in [5.74, 6) is -0.315. The molecule has 1 rings (SSSR count). The Morgan fingerprint density at radius 3 is 2.47 bits per heavy atom. The average molecular weight is 275 g/mol. The Morgan fingerprint density at radius 1 is 1.32 bits per heavy atom. The number of ether oxygens (including phenoxy) is 1. The van der Waals surface area contributed by atoms with Gasteiger partial charge >= 0.3 is 6.61 Å². The van der Waals surface area contributed by atoms with Crippen molar-refractivity contribution in [3.05, 3.63) is 29.8 Å². The third-order valence-electron chi connectivity index (χ3n) is 2.26. The van der Waals surface area contributed by atoms with E-state index in [2.05, 4.69) is 10.1 Å². The van der Waals surface area contributed by atoms with Crippen molar-refractivity contribution in [3.63, 3.8) is 0 Å². The summed E-state index contributed by atoms with van der Waals surface area (Å²) in [6.07, 6.45) is -0.946. The maximum Gasteiger partial charge on any atom is 0.387 e. The van der Waals surface area contributed by atoms with Crippen LogP contribution in [-0.4, -0.2) is 42.0 Å². The summed E-state index contributed by atoms with van der Waals surface area (Å²) < 4.78 is 28.0. The molecule has 0 heterocycles. The Bertz CT molecular complexity index is 397. The molecule has 0 aromatic heterocycles. The fourth-order valence-electron chi connectivity index (χ4n) is 1.33. The number of carbonyl (C=O) groups is 1. The Balaban J connectivity index is 2.42. The molecule has 1 atom stereocenters. The van der Waals surface area contributed by atoms with E-state index in [4.69, 9.17) is 10.2 Å². The predicted octanol–water partition coefficient (Wildman–Crippen LogP) is 0.300. The van der Waals surface area contributed by atoms with Crippen LogP contribution in [0.3, 0.4) is 0 Å². The van der Waals surface area contributed by atoms with E-state index in [0.29, 0.717) is 5.56 Å². The highest BCUT2D eigenvalue weighted by atomic mass is 19.3. The van der Waals surface area contributed by atoms with E-state index in [9.17, 15) is 13.6 Å². The molecule has 19 heavy (non-hydrogen) atoms. The van der Waals surface area contributed by atoms with Crippen LogP contribution in [0.25, 0.3) is 0 Å². The average Bonchev–Trinajstić information content (AvgIpc) is 2.37. The van der Waals surface area contributed by atoms with E-state index in [1.807, 2.05) is 0 Å². The standard InChI is InChI=1S/C12H15F2NO4/c13-12(14)19-10-3-1-8(2-4-10)5-11(18)15-6-9(17)7-16/h1-4,9,12,16-17H,5-7H2,(H,15,18). The van der Waals surface area contributed by atoms with Crippen molar-refractivity contribution in [2.45, 2.75) is 19.1 Å². The minimum Gasteiger partial charge on any atom is -0.435 e. The van der Waals surface area contributed by atoms with E-state index in [-0.39, 0.29) is 24.6 Å². The number of benzene rings is 1. The Labute approximate surface area is 108 Å². The molecule has 5 nitrogen and oxygen atoms in total. The lowest BCUT2D eigenvalue weighted by atomic mass is 10.1. The second-order valence-electron chi connectivity index (χ2n) is 3.84. The minimum atomic E-state index is -2.88. The Hall–Kier alpha value is -1.73. The largest absolute Gasteiger partial charge is 0.435 e. The number of halogens is 2. The number of nitrogens with one attached hydrogen (secondary N) is 1. The number of hydrogen-bond acceptors (Lipinski definition) is 4. The van der Waals surface area contributed by atoms with Gasteiger partial charge in [0, 0.05) is 6.54 Å². The molecule has 0 aliphatic heterocycles. The highest BCUT2D eigenvalue weighted by molar-refractivity contribution is 5.78. The summed E-state index contributed by atoms with van der Waals surface area (Å²) in [4.78, 5) is 11.4. The van der Waals surface area contributed by atoms with Crippen molar-refractivity contribution in [1.29, 1.82) is 0 Å². The summed E-state index contributed by atoms with van der Waals surface area (Å²) in [6, 6.07) is 5.69. The van der Waals surface area contributed by atoms with Crippen LogP contribution in [0.1, 0.15) is 5.56 Å². The molecule has 0 radical (unpaired) electrons. The molecular formula is C12H15F2NO4. The molecular weight excluding hydrogens is 260 g/mol. The van der Waals surface area contributed by atoms with Gasteiger partial charge < -0.3 is 20.3 Å². The Morgan fingerprint density at radius 2 is 1.95 bits per heavy atom. The van der Waals surface area contributed by atoms with Gasteiger partial charge in [-0.05, 0) is 17.7 Å². The highest BCUT2D eigenvalue weighted by Gasteiger charge is 2.08. The first-order valence-corrected chi connectivity index (χ1v) is 5.60. The molecule has 1 aromatic carbocycles. The van der Waals surface area contributed by atoms with E-state index in [1.54, 1.807) is 0 Å². The van der Waals surface area contributed by atoms with E-state index in [0.717, 1.165) is 0 Å². The van der Waals surface area contributed by atoms with Crippen molar-refractivity contribution in [2.24, 2.45) is 0 Å². The summed E-state index contributed by atoms with van der Waals surface area (Å²) in [7, 11) is 0. The number of alkyl halides is 2. The van der Waals surface area contributed by atoms with Gasteiger partial charge in [-0.2, -0.15) is 8.78 Å². The number of aliphatic hydroxyl groups is 2. The minimum absolute atomic E-state index is 0.0230. The first kappa shape index (κ1) is 15.3. The lowest BCUT2D eigenvalue weighted by molar-refractivity contribution is -0.121. The maximum atomic E-state index is 11.9. The molecule has 0 spiro atoms. The fraction of sp³-hybridized carbons (Fsp3) is 0.417. The molecule has 106 valence electrons. The number of rotatable bonds is 7. The first-order valence-electron chi connectivity index (χ1n) is 5.60. The summed E-state index contributed by atoms with van der Waals surface area (Å²) in [6.45, 7) is -3.35. The van der Waals surface area contributed by atoms with Crippen LogP contribution >= 0.6 is 0 Å². The lowest BCUT2D eigenvalue weighted by Crippen LogP contribution is -2.34. The first-order chi connectivity index (χ1) is 9.01. The van der Waals surface area contributed by atoms with Gasteiger partial charge in [-0.1, -0.05) is 12.1 Å². The van der Waals surface area contributed by atoms with Gasteiger partial charge in [-0.25, -0.2) is 0 Å². The molecule has 7 heteroatoms. The SMILES string of the molecule is O=C(Cc1ccc(OC(F)F)cc1)NCC(O)CO. The third kappa shape index (κ3) is 6.12. The summed E-state index contributed by atoms with van der Waals surface area (Å²) >= 11 is 0. The predicted molar refractivity (Wildman–Crippen MR) is 62.9 cm³/mol. The van der Waals surface area contributed by atoms with Crippen molar-refractivity contribution in [1.82, 2.24) is 5.32 Å². The fourth-order valence-corrected chi connectivity index (χ4v) is 1.33. The zero-order valence-electron chi connectivity index (χ0n) is 10.1. The molecule has 0 aliphatic carbocycles. The molecule has 3 N–H and O–H groups in total. The van der Waals surface area contributed by atoms with Crippen LogP contribution in [0.4, 0.5) is 8.78 Å².